The standard InChI is InChI=1S/C19H23ClN2O3/c1-12(2)22-10-8-19(9-11-22)16(13(3)18(24)25-19)17(23)21-15-6-4-14(20)5-7-15/h4-7,12H,8-11H2,1-3H3,(H,21,23). The molecule has 1 aromatic rings. The number of carbonyl (C=O) groups excluding carboxylic acids is 2. The molecule has 3 rings (SSSR count). The number of nitrogens with one attached hydrogen (secondary N) is 1. The number of benzene rings is 1. The van der Waals surface area contributed by atoms with Crippen LogP contribution in [0.2, 0.25) is 5.02 Å². The van der Waals surface area contributed by atoms with Crippen molar-refractivity contribution in [2.75, 3.05) is 18.4 Å². The van der Waals surface area contributed by atoms with Gasteiger partial charge in [0.1, 0.15) is 5.60 Å². The molecule has 1 fully saturated rings. The molecule has 1 N–H and O–H groups in total. The van der Waals surface area contributed by atoms with Crippen LogP contribution in [0.1, 0.15) is 33.6 Å². The monoisotopic (exact) mass is 362 g/mol. The summed E-state index contributed by atoms with van der Waals surface area (Å²) in [5.41, 5.74) is 0.715. The zero-order valence-electron chi connectivity index (χ0n) is 14.8. The lowest BCUT2D eigenvalue weighted by Crippen LogP contribution is -2.49. The van der Waals surface area contributed by atoms with E-state index in [1.165, 1.54) is 0 Å². The molecule has 2 aliphatic heterocycles. The van der Waals surface area contributed by atoms with E-state index in [9.17, 15) is 9.59 Å². The molecule has 0 saturated carbocycles. The predicted molar refractivity (Wildman–Crippen MR) is 97.5 cm³/mol. The minimum Gasteiger partial charge on any atom is -0.450 e. The number of piperidine rings is 1. The molecule has 2 aliphatic rings. The zero-order chi connectivity index (χ0) is 18.2. The fourth-order valence-corrected chi connectivity index (χ4v) is 3.73. The molecule has 0 aromatic heterocycles. The largest absolute Gasteiger partial charge is 0.450 e. The summed E-state index contributed by atoms with van der Waals surface area (Å²) in [4.78, 5) is 27.4. The summed E-state index contributed by atoms with van der Waals surface area (Å²) in [6.45, 7) is 7.57. The molecule has 1 aromatic carbocycles. The Hall–Kier alpha value is -1.85. The lowest BCUT2D eigenvalue weighted by atomic mass is 9.82. The molecule has 6 heteroatoms. The van der Waals surface area contributed by atoms with Crippen LogP contribution >= 0.6 is 11.6 Å². The third kappa shape index (κ3) is 3.44. The number of hydrogen-bond donors (Lipinski definition) is 1. The van der Waals surface area contributed by atoms with Gasteiger partial charge in [-0.2, -0.15) is 0 Å². The van der Waals surface area contributed by atoms with Crippen molar-refractivity contribution >= 4 is 29.2 Å². The van der Waals surface area contributed by atoms with Crippen molar-refractivity contribution in [3.8, 4) is 0 Å². The Labute approximate surface area is 153 Å². The Balaban J connectivity index is 1.83. The van der Waals surface area contributed by atoms with E-state index in [-0.39, 0.29) is 11.9 Å². The number of amides is 1. The second kappa shape index (κ2) is 6.81. The topological polar surface area (TPSA) is 58.6 Å². The van der Waals surface area contributed by atoms with Gasteiger partial charge in [0.25, 0.3) is 5.91 Å². The van der Waals surface area contributed by atoms with E-state index < -0.39 is 5.60 Å². The third-order valence-electron chi connectivity index (χ3n) is 5.09. The molecule has 134 valence electrons. The Morgan fingerprint density at radius 1 is 1.24 bits per heavy atom. The number of rotatable bonds is 3. The fraction of sp³-hybridized carbons (Fsp3) is 0.474. The van der Waals surface area contributed by atoms with Gasteiger partial charge in [-0.25, -0.2) is 4.79 Å². The minimum atomic E-state index is -0.803. The molecule has 0 radical (unpaired) electrons. The smallest absolute Gasteiger partial charge is 0.335 e. The van der Waals surface area contributed by atoms with Crippen LogP contribution in [0.5, 0.6) is 0 Å². The second-order valence-electron chi connectivity index (χ2n) is 6.97. The molecule has 1 amide bonds. The maximum absolute atomic E-state index is 12.9. The van der Waals surface area contributed by atoms with Crippen LogP contribution in [-0.4, -0.2) is 41.5 Å². The molecule has 0 atom stereocenters. The van der Waals surface area contributed by atoms with Crippen LogP contribution < -0.4 is 5.32 Å². The molecular weight excluding hydrogens is 340 g/mol. The van der Waals surface area contributed by atoms with Crippen molar-refractivity contribution in [3.63, 3.8) is 0 Å². The van der Waals surface area contributed by atoms with E-state index in [0.717, 1.165) is 13.1 Å². The molecule has 0 unspecified atom stereocenters. The summed E-state index contributed by atoms with van der Waals surface area (Å²) < 4.78 is 5.70. The summed E-state index contributed by atoms with van der Waals surface area (Å²) in [7, 11) is 0. The number of likely N-dealkylation sites (tertiary alicyclic amines) is 1. The maximum Gasteiger partial charge on any atom is 0.335 e. The van der Waals surface area contributed by atoms with Gasteiger partial charge >= 0.3 is 5.97 Å². The number of anilines is 1. The van der Waals surface area contributed by atoms with Crippen LogP contribution in [-0.2, 0) is 14.3 Å². The fourth-order valence-electron chi connectivity index (χ4n) is 3.61. The molecule has 25 heavy (non-hydrogen) atoms. The second-order valence-corrected chi connectivity index (χ2v) is 7.41. The van der Waals surface area contributed by atoms with Crippen molar-refractivity contribution in [3.05, 3.63) is 40.4 Å². The van der Waals surface area contributed by atoms with Crippen LogP contribution in [0.15, 0.2) is 35.4 Å². The van der Waals surface area contributed by atoms with Gasteiger partial charge in [-0.05, 0) is 45.0 Å². The van der Waals surface area contributed by atoms with Gasteiger partial charge < -0.3 is 15.0 Å². The summed E-state index contributed by atoms with van der Waals surface area (Å²) in [5.74, 6) is -0.664. The van der Waals surface area contributed by atoms with Crippen LogP contribution in [0.25, 0.3) is 0 Å². The first-order chi connectivity index (χ1) is 11.8. The average molecular weight is 363 g/mol. The van der Waals surface area contributed by atoms with Crippen molar-refractivity contribution < 1.29 is 14.3 Å². The Morgan fingerprint density at radius 2 is 1.84 bits per heavy atom. The number of hydrogen-bond acceptors (Lipinski definition) is 4. The number of ether oxygens (including phenoxy) is 1. The number of nitrogens with zero attached hydrogens (tertiary/aromatic N) is 1. The molecule has 5 nitrogen and oxygen atoms in total. The van der Waals surface area contributed by atoms with Crippen LogP contribution in [0.4, 0.5) is 5.69 Å². The molecule has 1 spiro atoms. The van der Waals surface area contributed by atoms with Crippen molar-refractivity contribution in [1.82, 2.24) is 4.90 Å². The SMILES string of the molecule is CC1=C(C(=O)Nc2ccc(Cl)cc2)C2(CCN(C(C)C)CC2)OC1=O. The summed E-state index contributed by atoms with van der Waals surface area (Å²) >= 11 is 5.88. The van der Waals surface area contributed by atoms with Gasteiger partial charge in [-0.1, -0.05) is 11.6 Å². The normalized spacial score (nSPS) is 20.3. The first kappa shape index (κ1) is 18.0. The van der Waals surface area contributed by atoms with Gasteiger partial charge in [0, 0.05) is 48.3 Å². The van der Waals surface area contributed by atoms with E-state index in [2.05, 4.69) is 24.1 Å². The number of halogens is 1. The van der Waals surface area contributed by atoms with Gasteiger partial charge in [-0.15, -0.1) is 0 Å². The molecule has 0 bridgehead atoms. The number of carbonyl (C=O) groups is 2. The Morgan fingerprint density at radius 3 is 2.40 bits per heavy atom. The van der Waals surface area contributed by atoms with Crippen molar-refractivity contribution in [1.29, 1.82) is 0 Å². The van der Waals surface area contributed by atoms with Gasteiger partial charge in [0.05, 0.1) is 5.57 Å². The van der Waals surface area contributed by atoms with E-state index >= 15 is 0 Å². The quantitative estimate of drug-likeness (QED) is 0.837. The average Bonchev–Trinajstić information content (AvgIpc) is 2.80. The summed E-state index contributed by atoms with van der Waals surface area (Å²) in [6.07, 6.45) is 1.27. The van der Waals surface area contributed by atoms with E-state index in [1.807, 2.05) is 0 Å². The van der Waals surface area contributed by atoms with E-state index in [1.54, 1.807) is 31.2 Å². The third-order valence-corrected chi connectivity index (χ3v) is 5.34. The lowest BCUT2D eigenvalue weighted by Gasteiger charge is -2.40. The van der Waals surface area contributed by atoms with Gasteiger partial charge in [0.2, 0.25) is 0 Å². The molecular formula is C19H23ClN2O3. The van der Waals surface area contributed by atoms with Crippen LogP contribution in [0.3, 0.4) is 0 Å². The lowest BCUT2D eigenvalue weighted by molar-refractivity contribution is -0.151. The summed E-state index contributed by atoms with van der Waals surface area (Å²) in [5, 5.41) is 3.47. The predicted octanol–water partition coefficient (Wildman–Crippen LogP) is 3.39. The van der Waals surface area contributed by atoms with Crippen LogP contribution in [0, 0.1) is 0 Å². The zero-order valence-corrected chi connectivity index (χ0v) is 15.5. The van der Waals surface area contributed by atoms with Gasteiger partial charge in [-0.3, -0.25) is 4.79 Å². The highest BCUT2D eigenvalue weighted by atomic mass is 35.5. The van der Waals surface area contributed by atoms with Crippen molar-refractivity contribution in [2.24, 2.45) is 0 Å². The van der Waals surface area contributed by atoms with E-state index in [4.69, 9.17) is 16.3 Å². The van der Waals surface area contributed by atoms with Gasteiger partial charge in [0.15, 0.2) is 0 Å². The molecule has 2 heterocycles. The minimum absolute atomic E-state index is 0.274. The first-order valence-electron chi connectivity index (χ1n) is 8.58. The highest BCUT2D eigenvalue weighted by Gasteiger charge is 2.50. The highest BCUT2D eigenvalue weighted by molar-refractivity contribution is 6.30. The van der Waals surface area contributed by atoms with Crippen molar-refractivity contribution in [2.45, 2.75) is 45.3 Å². The number of esters is 1. The van der Waals surface area contributed by atoms with E-state index in [0.29, 0.717) is 40.7 Å². The maximum atomic E-state index is 12.9. The first-order valence-corrected chi connectivity index (χ1v) is 8.96. The highest BCUT2D eigenvalue weighted by Crippen LogP contribution is 2.41. The Bertz CT molecular complexity index is 717. The molecule has 0 aliphatic carbocycles. The Kier molecular flexibility index (Phi) is 4.89. The molecule has 1 saturated heterocycles. The summed E-state index contributed by atoms with van der Waals surface area (Å²) in [6, 6.07) is 7.34.